The molecule has 8 heteroatoms. The number of nitrogens with one attached hydrogen (secondary N) is 1. The van der Waals surface area contributed by atoms with Crippen molar-refractivity contribution in [2.24, 2.45) is 5.92 Å². The van der Waals surface area contributed by atoms with Crippen molar-refractivity contribution >= 4 is 17.8 Å². The van der Waals surface area contributed by atoms with Crippen LogP contribution in [0, 0.1) is 12.8 Å². The number of amides is 1. The summed E-state index contributed by atoms with van der Waals surface area (Å²) in [7, 11) is 0. The summed E-state index contributed by atoms with van der Waals surface area (Å²) >= 11 is 0. The Morgan fingerprint density at radius 3 is 2.66 bits per heavy atom. The Balaban J connectivity index is 1.50. The van der Waals surface area contributed by atoms with E-state index in [1.807, 2.05) is 31.2 Å². The van der Waals surface area contributed by atoms with Gasteiger partial charge in [0.05, 0.1) is 0 Å². The van der Waals surface area contributed by atoms with Crippen molar-refractivity contribution in [1.82, 2.24) is 19.9 Å². The van der Waals surface area contributed by atoms with Crippen LogP contribution in [0.1, 0.15) is 29.5 Å². The van der Waals surface area contributed by atoms with E-state index in [1.54, 1.807) is 22.3 Å². The van der Waals surface area contributed by atoms with Crippen molar-refractivity contribution in [3.05, 3.63) is 63.7 Å². The normalized spacial score (nSPS) is 15.7. The molecule has 0 radical (unpaired) electrons. The quantitative estimate of drug-likeness (QED) is 0.387. The number of aromatic nitrogens is 2. The van der Waals surface area contributed by atoms with Crippen molar-refractivity contribution in [3.8, 4) is 0 Å². The molecular weight excluding hydrogens is 370 g/mol. The highest BCUT2D eigenvalue weighted by molar-refractivity contribution is 5.90. The van der Waals surface area contributed by atoms with Gasteiger partial charge in [0.2, 0.25) is 0 Å². The molecule has 2 heterocycles. The lowest BCUT2D eigenvalue weighted by atomic mass is 9.96. The Morgan fingerprint density at radius 2 is 2.00 bits per heavy atom. The van der Waals surface area contributed by atoms with Crippen LogP contribution in [0.25, 0.3) is 6.08 Å². The highest BCUT2D eigenvalue weighted by atomic mass is 16.5. The van der Waals surface area contributed by atoms with Gasteiger partial charge in [-0.25, -0.2) is 10.3 Å². The van der Waals surface area contributed by atoms with Crippen LogP contribution in [0.4, 0.5) is 5.82 Å². The Hall–Kier alpha value is -2.97. The largest absolute Gasteiger partial charge is 0.383 e. The van der Waals surface area contributed by atoms with Crippen LogP contribution in [-0.2, 0) is 17.9 Å². The van der Waals surface area contributed by atoms with E-state index in [-0.39, 0.29) is 5.69 Å². The smallest absolute Gasteiger partial charge is 0.349 e. The van der Waals surface area contributed by atoms with Gasteiger partial charge in [0.25, 0.3) is 5.91 Å². The summed E-state index contributed by atoms with van der Waals surface area (Å²) in [5.74, 6) is 0.210. The third kappa shape index (κ3) is 5.75. The molecule has 0 bridgehead atoms. The van der Waals surface area contributed by atoms with Crippen LogP contribution in [0.3, 0.4) is 0 Å². The van der Waals surface area contributed by atoms with Gasteiger partial charge in [-0.15, -0.1) is 0 Å². The number of anilines is 1. The summed E-state index contributed by atoms with van der Waals surface area (Å²) in [6.45, 7) is 5.39. The van der Waals surface area contributed by atoms with Crippen molar-refractivity contribution in [1.29, 1.82) is 0 Å². The van der Waals surface area contributed by atoms with E-state index in [2.05, 4.69) is 9.88 Å². The maximum atomic E-state index is 12.0. The molecule has 0 aliphatic carbocycles. The number of likely N-dealkylation sites (tertiary alicyclic amines) is 1. The first-order chi connectivity index (χ1) is 13.9. The molecule has 154 valence electrons. The van der Waals surface area contributed by atoms with E-state index < -0.39 is 5.91 Å². The standard InChI is InChI=1S/C21H27N5O3/c1-15-12-26(21(28)23-20(15)22)14-18-8-10-25(11-9-18)13-17-4-2-16(3-5-17)6-7-19(27)24-29/h2-7,12,18,29H,8-11,13-14H2,1H3,(H,24,27)(H2,22,23,28)/b7-6+. The molecule has 1 aromatic heterocycles. The average Bonchev–Trinajstić information content (AvgIpc) is 2.72. The number of carbonyl (C=O) groups is 1. The van der Waals surface area contributed by atoms with E-state index in [4.69, 9.17) is 10.9 Å². The van der Waals surface area contributed by atoms with E-state index in [1.165, 1.54) is 11.6 Å². The van der Waals surface area contributed by atoms with Gasteiger partial charge in [-0.2, -0.15) is 4.98 Å². The van der Waals surface area contributed by atoms with Crippen molar-refractivity contribution < 1.29 is 10.0 Å². The Bertz CT molecular complexity index is 928. The first-order valence-electron chi connectivity index (χ1n) is 9.71. The molecule has 4 N–H and O–H groups in total. The average molecular weight is 397 g/mol. The van der Waals surface area contributed by atoms with Crippen LogP contribution < -0.4 is 16.9 Å². The molecule has 8 nitrogen and oxygen atoms in total. The van der Waals surface area contributed by atoms with Gasteiger partial charge >= 0.3 is 5.69 Å². The van der Waals surface area contributed by atoms with Crippen molar-refractivity contribution in [2.45, 2.75) is 32.9 Å². The summed E-state index contributed by atoms with van der Waals surface area (Å²) in [5.41, 5.74) is 9.93. The van der Waals surface area contributed by atoms with Gasteiger partial charge in [-0.1, -0.05) is 24.3 Å². The SMILES string of the molecule is Cc1cn(CC2CCN(Cc3ccc(/C=C/C(=O)NO)cc3)CC2)c(=O)nc1N. The van der Waals surface area contributed by atoms with Crippen LogP contribution in [0.2, 0.25) is 0 Å². The number of nitrogen functional groups attached to an aromatic ring is 1. The highest BCUT2D eigenvalue weighted by Crippen LogP contribution is 2.21. The molecule has 2 aromatic rings. The highest BCUT2D eigenvalue weighted by Gasteiger charge is 2.20. The van der Waals surface area contributed by atoms with Gasteiger partial charge in [0.1, 0.15) is 5.82 Å². The molecule has 1 saturated heterocycles. The minimum Gasteiger partial charge on any atom is -0.383 e. The Kier molecular flexibility index (Phi) is 6.79. The number of hydrogen-bond donors (Lipinski definition) is 3. The number of rotatable bonds is 6. The zero-order chi connectivity index (χ0) is 20.8. The van der Waals surface area contributed by atoms with E-state index in [0.29, 0.717) is 18.3 Å². The number of nitrogens with two attached hydrogens (primary N) is 1. The van der Waals surface area contributed by atoms with Gasteiger partial charge in [0.15, 0.2) is 0 Å². The fourth-order valence-corrected chi connectivity index (χ4v) is 3.55. The maximum Gasteiger partial charge on any atom is 0.349 e. The van der Waals surface area contributed by atoms with Crippen molar-refractivity contribution in [2.75, 3.05) is 18.8 Å². The second kappa shape index (κ2) is 9.49. The van der Waals surface area contributed by atoms with Crippen molar-refractivity contribution in [3.63, 3.8) is 0 Å². The monoisotopic (exact) mass is 397 g/mol. The lowest BCUT2D eigenvalue weighted by Gasteiger charge is -2.32. The fraction of sp³-hybridized carbons (Fsp3) is 0.381. The minimum atomic E-state index is -0.552. The Labute approximate surface area is 169 Å². The van der Waals surface area contributed by atoms with E-state index in [9.17, 15) is 9.59 Å². The van der Waals surface area contributed by atoms with Crippen LogP contribution in [0.15, 0.2) is 41.3 Å². The van der Waals surface area contributed by atoms with Crippen LogP contribution in [0.5, 0.6) is 0 Å². The molecule has 0 unspecified atom stereocenters. The number of nitrogens with zero attached hydrogens (tertiary/aromatic N) is 3. The molecule has 3 rings (SSSR count). The van der Waals surface area contributed by atoms with Gasteiger partial charge < -0.3 is 5.73 Å². The molecule has 0 saturated carbocycles. The Morgan fingerprint density at radius 1 is 1.31 bits per heavy atom. The summed E-state index contributed by atoms with van der Waals surface area (Å²) in [5, 5.41) is 8.50. The van der Waals surface area contributed by atoms with Gasteiger partial charge in [-0.3, -0.25) is 19.5 Å². The second-order valence-electron chi connectivity index (χ2n) is 7.51. The lowest BCUT2D eigenvalue weighted by molar-refractivity contribution is -0.124. The molecule has 1 aromatic carbocycles. The third-order valence-electron chi connectivity index (χ3n) is 5.30. The van der Waals surface area contributed by atoms with Crippen LogP contribution in [-0.4, -0.2) is 38.7 Å². The first-order valence-corrected chi connectivity index (χ1v) is 9.71. The number of hydrogen-bond acceptors (Lipinski definition) is 6. The number of hydroxylamine groups is 1. The molecule has 29 heavy (non-hydrogen) atoms. The molecule has 1 fully saturated rings. The molecule has 1 amide bonds. The predicted molar refractivity (Wildman–Crippen MR) is 111 cm³/mol. The topological polar surface area (TPSA) is 113 Å². The number of aryl methyl sites for hydroxylation is 1. The molecule has 0 spiro atoms. The minimum absolute atomic E-state index is 0.277. The zero-order valence-electron chi connectivity index (χ0n) is 16.5. The second-order valence-corrected chi connectivity index (χ2v) is 7.51. The number of benzene rings is 1. The fourth-order valence-electron chi connectivity index (χ4n) is 3.55. The summed E-state index contributed by atoms with van der Waals surface area (Å²) in [6.07, 6.45) is 6.80. The van der Waals surface area contributed by atoms with Crippen LogP contribution >= 0.6 is 0 Å². The third-order valence-corrected chi connectivity index (χ3v) is 5.30. The number of carbonyl (C=O) groups excluding carboxylic acids is 1. The summed E-state index contributed by atoms with van der Waals surface area (Å²) < 4.78 is 1.68. The number of piperidine rings is 1. The maximum absolute atomic E-state index is 12.0. The summed E-state index contributed by atoms with van der Waals surface area (Å²) in [4.78, 5) is 29.3. The van der Waals surface area contributed by atoms with Gasteiger partial charge in [0, 0.05) is 30.9 Å². The molecule has 0 atom stereocenters. The lowest BCUT2D eigenvalue weighted by Crippen LogP contribution is -2.36. The van der Waals surface area contributed by atoms with E-state index >= 15 is 0 Å². The van der Waals surface area contributed by atoms with E-state index in [0.717, 1.165) is 43.6 Å². The first kappa shape index (κ1) is 20.8. The molecule has 1 aliphatic heterocycles. The van der Waals surface area contributed by atoms with Gasteiger partial charge in [-0.05, 0) is 56.0 Å². The summed E-state index contributed by atoms with van der Waals surface area (Å²) in [6, 6.07) is 7.99. The molecule has 1 aliphatic rings. The zero-order valence-corrected chi connectivity index (χ0v) is 16.5. The predicted octanol–water partition coefficient (Wildman–Crippen LogP) is 1.56. The molecular formula is C21H27N5O3.